The minimum atomic E-state index is -1.10. The Hall–Kier alpha value is -2.12. The highest BCUT2D eigenvalue weighted by molar-refractivity contribution is 5.90. The zero-order valence-corrected chi connectivity index (χ0v) is 12.2. The second-order valence-corrected chi connectivity index (χ2v) is 4.27. The summed E-state index contributed by atoms with van der Waals surface area (Å²) >= 11 is 0. The maximum absolute atomic E-state index is 11.6. The molecular formula is C14H18O7. The van der Waals surface area contributed by atoms with Gasteiger partial charge in [0.25, 0.3) is 0 Å². The Bertz CT molecular complexity index is 472. The predicted octanol–water partition coefficient (Wildman–Crippen LogP) is 2.58. The summed E-state index contributed by atoms with van der Waals surface area (Å²) in [7, 11) is 1.55. The van der Waals surface area contributed by atoms with E-state index in [-0.39, 0.29) is 12.7 Å². The summed E-state index contributed by atoms with van der Waals surface area (Å²) in [6.45, 7) is 3.67. The van der Waals surface area contributed by atoms with Crippen LogP contribution in [-0.2, 0) is 24.3 Å². The Labute approximate surface area is 122 Å². The molecule has 0 amide bonds. The zero-order valence-electron chi connectivity index (χ0n) is 12.2. The van der Waals surface area contributed by atoms with Gasteiger partial charge in [-0.3, -0.25) is 4.89 Å². The van der Waals surface area contributed by atoms with E-state index in [1.54, 1.807) is 38.3 Å². The number of rotatable bonds is 7. The first-order chi connectivity index (χ1) is 10.0. The van der Waals surface area contributed by atoms with Crippen LogP contribution in [0.15, 0.2) is 24.3 Å². The van der Waals surface area contributed by atoms with Crippen molar-refractivity contribution >= 4 is 12.1 Å². The molecule has 1 atom stereocenters. The Balaban J connectivity index is 2.23. The van der Waals surface area contributed by atoms with E-state index in [0.29, 0.717) is 17.5 Å². The number of hydrogen-bond acceptors (Lipinski definition) is 7. The number of ether oxygens (including phenoxy) is 2. The van der Waals surface area contributed by atoms with Crippen molar-refractivity contribution in [3.63, 3.8) is 0 Å². The average molecular weight is 298 g/mol. The van der Waals surface area contributed by atoms with Crippen molar-refractivity contribution in [3.05, 3.63) is 35.4 Å². The van der Waals surface area contributed by atoms with Crippen LogP contribution < -0.4 is 0 Å². The van der Waals surface area contributed by atoms with E-state index in [0.717, 1.165) is 0 Å². The van der Waals surface area contributed by atoms with Crippen LogP contribution in [0, 0.1) is 6.92 Å². The van der Waals surface area contributed by atoms with Gasteiger partial charge in [0.1, 0.15) is 0 Å². The van der Waals surface area contributed by atoms with Crippen molar-refractivity contribution in [1.82, 2.24) is 0 Å². The van der Waals surface area contributed by atoms with Crippen molar-refractivity contribution in [2.24, 2.45) is 0 Å². The molecule has 116 valence electrons. The fraction of sp³-hybridized carbons (Fsp3) is 0.429. The topological polar surface area (TPSA) is 80.3 Å². The molecule has 0 heterocycles. The van der Waals surface area contributed by atoms with Gasteiger partial charge in [-0.2, -0.15) is 0 Å². The number of aryl methyl sites for hydroxylation is 1. The molecule has 7 heteroatoms. The van der Waals surface area contributed by atoms with E-state index < -0.39 is 12.1 Å². The maximum atomic E-state index is 11.6. The van der Waals surface area contributed by atoms with Gasteiger partial charge in [0.15, 0.2) is 0 Å². The van der Waals surface area contributed by atoms with E-state index in [1.807, 2.05) is 6.92 Å². The number of carbonyl (C=O) groups is 2. The molecule has 1 unspecified atom stereocenters. The molecule has 1 rings (SSSR count). The second-order valence-electron chi connectivity index (χ2n) is 4.27. The van der Waals surface area contributed by atoms with E-state index >= 15 is 0 Å². The standard InChI is InChI=1S/C14H18O7/c1-10-6-4-5-7-12(10)13(15)19-21-20-14(16)18-9-8-11(2)17-3/h4-7,11H,8-9H2,1-3H3. The van der Waals surface area contributed by atoms with Crippen LogP contribution in [0.3, 0.4) is 0 Å². The molecule has 0 spiro atoms. The van der Waals surface area contributed by atoms with Gasteiger partial charge >= 0.3 is 12.1 Å². The van der Waals surface area contributed by atoms with Gasteiger partial charge in [-0.25, -0.2) is 14.5 Å². The SMILES string of the molecule is COC(C)CCOC(=O)OOOC(=O)c1ccccc1C. The molecule has 7 nitrogen and oxygen atoms in total. The van der Waals surface area contributed by atoms with Crippen LogP contribution in [0.1, 0.15) is 29.3 Å². The van der Waals surface area contributed by atoms with Crippen LogP contribution in [0.25, 0.3) is 0 Å². The molecule has 0 saturated heterocycles. The lowest BCUT2D eigenvalue weighted by Crippen LogP contribution is -2.15. The van der Waals surface area contributed by atoms with Gasteiger partial charge in [-0.15, -0.1) is 0 Å². The highest BCUT2D eigenvalue weighted by atomic mass is 17.5. The zero-order chi connectivity index (χ0) is 15.7. The van der Waals surface area contributed by atoms with Crippen LogP contribution in [0.5, 0.6) is 0 Å². The van der Waals surface area contributed by atoms with Crippen LogP contribution in [0.2, 0.25) is 0 Å². The highest BCUT2D eigenvalue weighted by Gasteiger charge is 2.14. The number of hydrogen-bond donors (Lipinski definition) is 0. The fourth-order valence-corrected chi connectivity index (χ4v) is 1.37. The Morgan fingerprint density at radius 2 is 1.90 bits per heavy atom. The Morgan fingerprint density at radius 3 is 2.57 bits per heavy atom. The lowest BCUT2D eigenvalue weighted by atomic mass is 10.1. The summed E-state index contributed by atoms with van der Waals surface area (Å²) < 4.78 is 9.64. The summed E-state index contributed by atoms with van der Waals surface area (Å²) in [4.78, 5) is 31.2. The van der Waals surface area contributed by atoms with E-state index in [4.69, 9.17) is 4.74 Å². The molecule has 0 bridgehead atoms. The molecule has 0 aliphatic heterocycles. The smallest absolute Gasteiger partial charge is 0.432 e. The molecule has 0 aromatic heterocycles. The van der Waals surface area contributed by atoms with E-state index in [1.165, 1.54) is 0 Å². The third kappa shape index (κ3) is 6.24. The molecular weight excluding hydrogens is 280 g/mol. The molecule has 21 heavy (non-hydrogen) atoms. The first kappa shape index (κ1) is 16.9. The minimum Gasteiger partial charge on any atom is -0.432 e. The van der Waals surface area contributed by atoms with Crippen molar-refractivity contribution in [3.8, 4) is 0 Å². The fourth-order valence-electron chi connectivity index (χ4n) is 1.37. The van der Waals surface area contributed by atoms with Crippen molar-refractivity contribution in [2.75, 3.05) is 13.7 Å². The third-order valence-corrected chi connectivity index (χ3v) is 2.72. The quantitative estimate of drug-likeness (QED) is 0.435. The summed E-state index contributed by atoms with van der Waals surface area (Å²) in [5.74, 6) is -0.770. The molecule has 0 saturated carbocycles. The maximum Gasteiger partial charge on any atom is 0.543 e. The van der Waals surface area contributed by atoms with Crippen molar-refractivity contribution in [2.45, 2.75) is 26.4 Å². The van der Waals surface area contributed by atoms with E-state index in [2.05, 4.69) is 19.6 Å². The summed E-state index contributed by atoms with van der Waals surface area (Å²) in [6.07, 6.45) is -0.636. The van der Waals surface area contributed by atoms with Crippen LogP contribution in [-0.4, -0.2) is 31.9 Å². The van der Waals surface area contributed by atoms with Gasteiger partial charge in [-0.1, -0.05) is 18.2 Å². The number of benzene rings is 1. The predicted molar refractivity (Wildman–Crippen MR) is 71.2 cm³/mol. The van der Waals surface area contributed by atoms with Crippen molar-refractivity contribution < 1.29 is 33.9 Å². The third-order valence-electron chi connectivity index (χ3n) is 2.72. The second kappa shape index (κ2) is 8.93. The molecule has 0 aliphatic rings. The number of methoxy groups -OCH3 is 1. The van der Waals surface area contributed by atoms with Gasteiger partial charge in [0.05, 0.1) is 23.3 Å². The summed E-state index contributed by atoms with van der Waals surface area (Å²) in [6, 6.07) is 6.76. The number of carbonyl (C=O) groups excluding carboxylic acids is 2. The largest absolute Gasteiger partial charge is 0.543 e. The lowest BCUT2D eigenvalue weighted by Gasteiger charge is -2.08. The van der Waals surface area contributed by atoms with Gasteiger partial charge in [-0.05, 0) is 25.5 Å². The van der Waals surface area contributed by atoms with Crippen LogP contribution in [0.4, 0.5) is 4.79 Å². The molecule has 1 aromatic rings. The molecule has 0 fully saturated rings. The normalized spacial score (nSPS) is 11.6. The molecule has 0 radical (unpaired) electrons. The monoisotopic (exact) mass is 298 g/mol. The minimum absolute atomic E-state index is 0.0439. The van der Waals surface area contributed by atoms with Crippen molar-refractivity contribution in [1.29, 1.82) is 0 Å². The van der Waals surface area contributed by atoms with Crippen LogP contribution >= 0.6 is 0 Å². The highest BCUT2D eigenvalue weighted by Crippen LogP contribution is 2.08. The summed E-state index contributed by atoms with van der Waals surface area (Å²) in [5, 5.41) is 4.10. The van der Waals surface area contributed by atoms with Gasteiger partial charge in [0.2, 0.25) is 0 Å². The average Bonchev–Trinajstić information content (AvgIpc) is 2.47. The van der Waals surface area contributed by atoms with E-state index in [9.17, 15) is 9.59 Å². The first-order valence-corrected chi connectivity index (χ1v) is 6.35. The molecule has 0 N–H and O–H groups in total. The lowest BCUT2D eigenvalue weighted by molar-refractivity contribution is -0.452. The summed E-state index contributed by atoms with van der Waals surface area (Å²) in [5.41, 5.74) is 1.02. The molecule has 1 aromatic carbocycles. The molecule has 0 aliphatic carbocycles. The van der Waals surface area contributed by atoms with Gasteiger partial charge in [0, 0.05) is 13.5 Å². The Morgan fingerprint density at radius 1 is 1.19 bits per heavy atom. The first-order valence-electron chi connectivity index (χ1n) is 6.35. The van der Waals surface area contributed by atoms with Gasteiger partial charge < -0.3 is 9.47 Å². The Kier molecular flexibility index (Phi) is 7.20.